The van der Waals surface area contributed by atoms with Gasteiger partial charge in [0.05, 0.1) is 30.9 Å². The zero-order valence-electron chi connectivity index (χ0n) is 24.0. The number of fused-ring (bicyclic) bond motifs is 2. The van der Waals surface area contributed by atoms with Crippen LogP contribution in [0.3, 0.4) is 0 Å². The fraction of sp³-hybridized carbons (Fsp3) is 0.455. The van der Waals surface area contributed by atoms with Crippen LogP contribution in [0.25, 0.3) is 21.8 Å². The summed E-state index contributed by atoms with van der Waals surface area (Å²) in [4.78, 5) is 11.8. The maximum Gasteiger partial charge on any atom is 0.217 e. The van der Waals surface area contributed by atoms with Crippen molar-refractivity contribution in [1.29, 1.82) is 0 Å². The number of benzene rings is 2. The molecule has 2 heterocycles. The molecule has 5 rings (SSSR count). The summed E-state index contributed by atoms with van der Waals surface area (Å²) in [5.41, 5.74) is 2.23. The van der Waals surface area contributed by atoms with Gasteiger partial charge < -0.3 is 19.5 Å². The quantitative estimate of drug-likeness (QED) is 0.202. The fourth-order valence-electron chi connectivity index (χ4n) is 6.40. The van der Waals surface area contributed by atoms with Crippen LogP contribution >= 0.6 is 15.9 Å². The molecular weight excluding hydrogens is 566 g/mol. The molecule has 1 N–H and O–H groups in total. The number of pyridine rings is 2. The highest BCUT2D eigenvalue weighted by atomic mass is 79.9. The van der Waals surface area contributed by atoms with Crippen LogP contribution in [0.4, 0.5) is 0 Å². The Balaban J connectivity index is 1.78. The first-order valence-corrected chi connectivity index (χ1v) is 15.1. The second-order valence-electron chi connectivity index (χ2n) is 11.4. The number of nitrogens with zero attached hydrogens (tertiary/aromatic N) is 3. The van der Waals surface area contributed by atoms with Gasteiger partial charge in [0.25, 0.3) is 0 Å². The molecule has 212 valence electrons. The normalized spacial score (nSPS) is 16.8. The zero-order chi connectivity index (χ0) is 28.3. The van der Waals surface area contributed by atoms with E-state index in [1.165, 1.54) is 32.1 Å². The molecule has 4 aromatic rings. The Labute approximate surface area is 245 Å². The van der Waals surface area contributed by atoms with Crippen molar-refractivity contribution in [2.24, 2.45) is 5.92 Å². The molecule has 0 saturated heterocycles. The SMILES string of the molecule is COc1cc(C(O)(CCN(C)C)C(CC2CCCCC2)c2cc3cc(Br)ccc3nc2OC)c2ccccc2n1. The minimum atomic E-state index is -1.23. The molecule has 0 amide bonds. The van der Waals surface area contributed by atoms with Gasteiger partial charge in [0, 0.05) is 39.3 Å². The number of ether oxygens (including phenoxy) is 2. The monoisotopic (exact) mass is 605 g/mol. The van der Waals surface area contributed by atoms with Gasteiger partial charge in [-0.1, -0.05) is 66.2 Å². The Hall–Kier alpha value is -2.74. The maximum atomic E-state index is 13.2. The highest BCUT2D eigenvalue weighted by molar-refractivity contribution is 9.10. The minimum Gasteiger partial charge on any atom is -0.481 e. The maximum absolute atomic E-state index is 13.2. The van der Waals surface area contributed by atoms with Gasteiger partial charge in [-0.3, -0.25) is 0 Å². The Bertz CT molecular complexity index is 1470. The van der Waals surface area contributed by atoms with Gasteiger partial charge in [-0.05, 0) is 68.8 Å². The van der Waals surface area contributed by atoms with Crippen LogP contribution in [-0.2, 0) is 5.60 Å². The van der Waals surface area contributed by atoms with E-state index in [1.54, 1.807) is 14.2 Å². The van der Waals surface area contributed by atoms with Crippen molar-refractivity contribution in [2.45, 2.75) is 56.5 Å². The topological polar surface area (TPSA) is 67.7 Å². The van der Waals surface area contributed by atoms with Crippen LogP contribution in [0.5, 0.6) is 11.8 Å². The van der Waals surface area contributed by atoms with E-state index >= 15 is 0 Å². The van der Waals surface area contributed by atoms with E-state index in [1.807, 2.05) is 36.4 Å². The number of halogens is 1. The Morgan fingerprint density at radius 3 is 2.48 bits per heavy atom. The standard InChI is InChI=1S/C33H40BrN3O3/c1-37(2)17-16-33(38,28-21-31(39-3)35-30-13-9-8-12-25(28)30)27(18-22-10-6-5-7-11-22)26-20-23-19-24(34)14-15-29(23)36-32(26)40-4/h8-9,12-15,19-22,27,38H,5-7,10-11,16-18H2,1-4H3. The van der Waals surface area contributed by atoms with Gasteiger partial charge in [-0.2, -0.15) is 0 Å². The molecule has 2 unspecified atom stereocenters. The summed E-state index contributed by atoms with van der Waals surface area (Å²) in [5, 5.41) is 15.2. The average Bonchev–Trinajstić information content (AvgIpc) is 2.97. The van der Waals surface area contributed by atoms with E-state index in [0.717, 1.165) is 43.8 Å². The van der Waals surface area contributed by atoms with Crippen molar-refractivity contribution in [3.63, 3.8) is 0 Å². The van der Waals surface area contributed by atoms with E-state index in [0.29, 0.717) is 30.6 Å². The van der Waals surface area contributed by atoms with Crippen molar-refractivity contribution < 1.29 is 14.6 Å². The second-order valence-corrected chi connectivity index (χ2v) is 12.3. The fourth-order valence-corrected chi connectivity index (χ4v) is 6.78. The van der Waals surface area contributed by atoms with E-state index in [9.17, 15) is 5.11 Å². The van der Waals surface area contributed by atoms with E-state index < -0.39 is 5.60 Å². The smallest absolute Gasteiger partial charge is 0.217 e. The zero-order valence-corrected chi connectivity index (χ0v) is 25.6. The van der Waals surface area contributed by atoms with Crippen molar-refractivity contribution in [2.75, 3.05) is 34.9 Å². The number of methoxy groups -OCH3 is 2. The van der Waals surface area contributed by atoms with Crippen molar-refractivity contribution in [1.82, 2.24) is 14.9 Å². The molecule has 7 heteroatoms. The molecule has 2 atom stereocenters. The Morgan fingerprint density at radius 1 is 0.975 bits per heavy atom. The Kier molecular flexibility index (Phi) is 8.93. The number of aliphatic hydroxyl groups is 1. The lowest BCUT2D eigenvalue weighted by molar-refractivity contribution is -0.0157. The number of aromatic nitrogens is 2. The molecule has 2 aromatic heterocycles. The van der Waals surface area contributed by atoms with E-state index in [-0.39, 0.29) is 5.92 Å². The van der Waals surface area contributed by atoms with E-state index in [4.69, 9.17) is 19.4 Å². The lowest BCUT2D eigenvalue weighted by atomic mass is 9.69. The predicted molar refractivity (Wildman–Crippen MR) is 165 cm³/mol. The first-order valence-electron chi connectivity index (χ1n) is 14.3. The van der Waals surface area contributed by atoms with Gasteiger partial charge in [0.15, 0.2) is 0 Å². The van der Waals surface area contributed by atoms with Crippen LogP contribution in [0.1, 0.15) is 62.0 Å². The van der Waals surface area contributed by atoms with Gasteiger partial charge in [-0.25, -0.2) is 9.97 Å². The second kappa shape index (κ2) is 12.4. The Morgan fingerprint density at radius 2 is 1.75 bits per heavy atom. The number of para-hydroxylation sites is 1. The molecular formula is C33H40BrN3O3. The van der Waals surface area contributed by atoms with Gasteiger partial charge in [-0.15, -0.1) is 0 Å². The summed E-state index contributed by atoms with van der Waals surface area (Å²) < 4.78 is 12.6. The van der Waals surface area contributed by atoms with Gasteiger partial charge in [0.2, 0.25) is 11.8 Å². The van der Waals surface area contributed by atoms with Crippen LogP contribution in [0, 0.1) is 5.92 Å². The summed E-state index contributed by atoms with van der Waals surface area (Å²) in [7, 11) is 7.42. The highest BCUT2D eigenvalue weighted by Gasteiger charge is 2.43. The lowest BCUT2D eigenvalue weighted by Gasteiger charge is -2.41. The summed E-state index contributed by atoms with van der Waals surface area (Å²) in [5.74, 6) is 1.34. The van der Waals surface area contributed by atoms with Crippen LogP contribution < -0.4 is 9.47 Å². The van der Waals surface area contributed by atoms with Gasteiger partial charge in [0.1, 0.15) is 0 Å². The molecule has 1 aliphatic carbocycles. The third-order valence-corrected chi connectivity index (χ3v) is 9.01. The van der Waals surface area contributed by atoms with Crippen molar-refractivity contribution >= 4 is 37.7 Å². The number of hydrogen-bond acceptors (Lipinski definition) is 6. The predicted octanol–water partition coefficient (Wildman–Crippen LogP) is 7.46. The molecule has 0 bridgehead atoms. The van der Waals surface area contributed by atoms with Crippen LogP contribution in [-0.4, -0.2) is 54.8 Å². The third-order valence-electron chi connectivity index (χ3n) is 8.52. The number of rotatable bonds is 10. The van der Waals surface area contributed by atoms with Crippen molar-refractivity contribution in [3.8, 4) is 11.8 Å². The molecule has 6 nitrogen and oxygen atoms in total. The molecule has 1 fully saturated rings. The number of hydrogen-bond donors (Lipinski definition) is 1. The van der Waals surface area contributed by atoms with E-state index in [2.05, 4.69) is 53.1 Å². The summed E-state index contributed by atoms with van der Waals surface area (Å²) >= 11 is 3.63. The van der Waals surface area contributed by atoms with Crippen LogP contribution in [0.2, 0.25) is 0 Å². The molecule has 40 heavy (non-hydrogen) atoms. The van der Waals surface area contributed by atoms with Crippen molar-refractivity contribution in [3.05, 3.63) is 70.2 Å². The molecule has 2 aromatic carbocycles. The highest BCUT2D eigenvalue weighted by Crippen LogP contribution is 2.50. The molecule has 1 aliphatic rings. The molecule has 1 saturated carbocycles. The minimum absolute atomic E-state index is 0.253. The summed E-state index contributed by atoms with van der Waals surface area (Å²) in [6.07, 6.45) is 7.49. The average molecular weight is 607 g/mol. The first-order chi connectivity index (χ1) is 19.3. The summed E-state index contributed by atoms with van der Waals surface area (Å²) in [6.45, 7) is 0.714. The van der Waals surface area contributed by atoms with Gasteiger partial charge >= 0.3 is 0 Å². The van der Waals surface area contributed by atoms with Crippen LogP contribution in [0.15, 0.2) is 59.1 Å². The largest absolute Gasteiger partial charge is 0.481 e. The first kappa shape index (κ1) is 28.8. The lowest BCUT2D eigenvalue weighted by Crippen LogP contribution is -2.38. The molecule has 0 radical (unpaired) electrons. The molecule has 0 spiro atoms. The summed E-state index contributed by atoms with van der Waals surface area (Å²) in [6, 6.07) is 18.2. The third kappa shape index (κ3) is 5.97. The molecule has 0 aliphatic heterocycles.